The van der Waals surface area contributed by atoms with Crippen LogP contribution in [0.2, 0.25) is 5.02 Å². The topological polar surface area (TPSA) is 68.0 Å². The summed E-state index contributed by atoms with van der Waals surface area (Å²) in [4.78, 5) is 15.3. The van der Waals surface area contributed by atoms with E-state index in [0.717, 1.165) is 0 Å². The second kappa shape index (κ2) is 4.18. The van der Waals surface area contributed by atoms with Gasteiger partial charge in [0.25, 0.3) is 0 Å². The first-order valence-corrected chi connectivity index (χ1v) is 5.30. The number of carboxylic acid groups (broad SMARTS) is 1. The van der Waals surface area contributed by atoms with Gasteiger partial charge in [0.2, 0.25) is 0 Å². The van der Waals surface area contributed by atoms with Gasteiger partial charge < -0.3 is 5.11 Å². The van der Waals surface area contributed by atoms with Gasteiger partial charge in [-0.2, -0.15) is 5.10 Å². The molecule has 0 atom stereocenters. The molecular formula is C11H10ClN3O2. The van der Waals surface area contributed by atoms with Gasteiger partial charge in [-0.05, 0) is 32.0 Å². The zero-order chi connectivity index (χ0) is 12.6. The van der Waals surface area contributed by atoms with Crippen molar-refractivity contribution < 1.29 is 9.90 Å². The Morgan fingerprint density at radius 1 is 1.41 bits per heavy atom. The van der Waals surface area contributed by atoms with Crippen LogP contribution in [0.4, 0.5) is 0 Å². The van der Waals surface area contributed by atoms with Crippen molar-refractivity contribution in [3.8, 4) is 5.69 Å². The van der Waals surface area contributed by atoms with Gasteiger partial charge in [0.15, 0.2) is 0 Å². The van der Waals surface area contributed by atoms with Crippen LogP contribution >= 0.6 is 11.6 Å². The molecule has 0 saturated carbocycles. The van der Waals surface area contributed by atoms with Crippen LogP contribution < -0.4 is 0 Å². The number of benzene rings is 1. The molecule has 0 spiro atoms. The van der Waals surface area contributed by atoms with Crippen molar-refractivity contribution in [2.45, 2.75) is 13.8 Å². The van der Waals surface area contributed by atoms with E-state index in [2.05, 4.69) is 10.1 Å². The van der Waals surface area contributed by atoms with E-state index in [0.29, 0.717) is 22.4 Å². The Hall–Kier alpha value is -1.88. The number of aromatic nitrogens is 3. The van der Waals surface area contributed by atoms with Crippen LogP contribution in [-0.2, 0) is 0 Å². The lowest BCUT2D eigenvalue weighted by atomic mass is 10.2. The van der Waals surface area contributed by atoms with Gasteiger partial charge in [0.1, 0.15) is 11.6 Å². The molecule has 0 saturated heterocycles. The van der Waals surface area contributed by atoms with Crippen molar-refractivity contribution in [2.75, 3.05) is 0 Å². The summed E-state index contributed by atoms with van der Waals surface area (Å²) in [6.07, 6.45) is 0. The first-order chi connectivity index (χ1) is 7.99. The molecule has 0 fully saturated rings. The molecule has 6 heteroatoms. The molecule has 0 aliphatic heterocycles. The van der Waals surface area contributed by atoms with Gasteiger partial charge in [0.05, 0.1) is 11.3 Å². The second-order valence-electron chi connectivity index (χ2n) is 3.58. The van der Waals surface area contributed by atoms with Crippen LogP contribution in [0.15, 0.2) is 18.2 Å². The lowest BCUT2D eigenvalue weighted by Gasteiger charge is -2.07. The second-order valence-corrected chi connectivity index (χ2v) is 4.02. The Labute approximate surface area is 103 Å². The maximum absolute atomic E-state index is 11.1. The molecule has 0 aliphatic rings. The van der Waals surface area contributed by atoms with Gasteiger partial charge in [-0.15, -0.1) is 0 Å². The Kier molecular flexibility index (Phi) is 2.85. The van der Waals surface area contributed by atoms with Crippen LogP contribution in [-0.4, -0.2) is 25.8 Å². The third-order valence-electron chi connectivity index (χ3n) is 2.29. The van der Waals surface area contributed by atoms with E-state index in [1.165, 1.54) is 16.8 Å². The monoisotopic (exact) mass is 251 g/mol. The van der Waals surface area contributed by atoms with Crippen molar-refractivity contribution in [3.05, 3.63) is 40.4 Å². The summed E-state index contributed by atoms with van der Waals surface area (Å²) in [5.41, 5.74) is 0.561. The van der Waals surface area contributed by atoms with Gasteiger partial charge >= 0.3 is 5.97 Å². The highest BCUT2D eigenvalue weighted by atomic mass is 35.5. The molecular weight excluding hydrogens is 242 g/mol. The number of hydrogen-bond donors (Lipinski definition) is 1. The van der Waals surface area contributed by atoms with Crippen molar-refractivity contribution in [3.63, 3.8) is 0 Å². The fraction of sp³-hybridized carbons (Fsp3) is 0.182. The quantitative estimate of drug-likeness (QED) is 0.889. The summed E-state index contributed by atoms with van der Waals surface area (Å²) in [5.74, 6) is 0.176. The van der Waals surface area contributed by atoms with E-state index < -0.39 is 5.97 Å². The minimum atomic E-state index is -1.02. The zero-order valence-electron chi connectivity index (χ0n) is 9.31. The number of aromatic carboxylic acids is 1. The smallest absolute Gasteiger partial charge is 0.337 e. The number of halogens is 1. The van der Waals surface area contributed by atoms with Crippen LogP contribution in [0.5, 0.6) is 0 Å². The highest BCUT2D eigenvalue weighted by Crippen LogP contribution is 2.20. The SMILES string of the molecule is Cc1nc(C)n(-c2cc(Cl)ccc2C(=O)O)n1. The van der Waals surface area contributed by atoms with E-state index in [9.17, 15) is 4.79 Å². The first-order valence-electron chi connectivity index (χ1n) is 4.92. The van der Waals surface area contributed by atoms with Crippen molar-refractivity contribution in [1.29, 1.82) is 0 Å². The molecule has 1 aromatic carbocycles. The molecule has 1 aromatic heterocycles. The van der Waals surface area contributed by atoms with E-state index in [1.54, 1.807) is 19.9 Å². The van der Waals surface area contributed by atoms with Crippen molar-refractivity contribution in [1.82, 2.24) is 14.8 Å². The third-order valence-corrected chi connectivity index (χ3v) is 2.53. The predicted octanol–water partition coefficient (Wildman–Crippen LogP) is 2.24. The fourth-order valence-corrected chi connectivity index (χ4v) is 1.78. The highest BCUT2D eigenvalue weighted by molar-refractivity contribution is 6.30. The number of rotatable bonds is 2. The lowest BCUT2D eigenvalue weighted by Crippen LogP contribution is -2.08. The number of hydrogen-bond acceptors (Lipinski definition) is 3. The van der Waals surface area contributed by atoms with Crippen molar-refractivity contribution in [2.24, 2.45) is 0 Å². The summed E-state index contributed by atoms with van der Waals surface area (Å²) in [6.45, 7) is 3.50. The molecule has 1 heterocycles. The van der Waals surface area contributed by atoms with Gasteiger partial charge in [-0.1, -0.05) is 11.6 Å². The summed E-state index contributed by atoms with van der Waals surface area (Å²) >= 11 is 5.88. The predicted molar refractivity (Wildman–Crippen MR) is 62.8 cm³/mol. The average Bonchev–Trinajstić information content (AvgIpc) is 2.57. The van der Waals surface area contributed by atoms with E-state index >= 15 is 0 Å². The number of carboxylic acids is 1. The Morgan fingerprint density at radius 2 is 2.12 bits per heavy atom. The molecule has 2 aromatic rings. The first kappa shape index (κ1) is 11.6. The van der Waals surface area contributed by atoms with Crippen LogP contribution in [0.25, 0.3) is 5.69 Å². The van der Waals surface area contributed by atoms with Crippen LogP contribution in [0, 0.1) is 13.8 Å². The van der Waals surface area contributed by atoms with Gasteiger partial charge in [-0.25, -0.2) is 14.5 Å². The van der Waals surface area contributed by atoms with E-state index in [-0.39, 0.29) is 5.56 Å². The molecule has 17 heavy (non-hydrogen) atoms. The molecule has 2 rings (SSSR count). The number of aryl methyl sites for hydroxylation is 2. The third kappa shape index (κ3) is 2.14. The van der Waals surface area contributed by atoms with Crippen LogP contribution in [0.3, 0.4) is 0 Å². The van der Waals surface area contributed by atoms with Crippen LogP contribution in [0.1, 0.15) is 22.0 Å². The summed E-state index contributed by atoms with van der Waals surface area (Å²) < 4.78 is 1.48. The van der Waals surface area contributed by atoms with Crippen molar-refractivity contribution >= 4 is 17.6 Å². The number of nitrogens with zero attached hydrogens (tertiary/aromatic N) is 3. The fourth-order valence-electron chi connectivity index (χ4n) is 1.61. The van der Waals surface area contributed by atoms with Gasteiger partial charge in [-0.3, -0.25) is 0 Å². The number of carbonyl (C=O) groups is 1. The van der Waals surface area contributed by atoms with E-state index in [4.69, 9.17) is 16.7 Å². The normalized spacial score (nSPS) is 10.5. The van der Waals surface area contributed by atoms with Gasteiger partial charge in [0, 0.05) is 5.02 Å². The summed E-state index contributed by atoms with van der Waals surface area (Å²) in [7, 11) is 0. The zero-order valence-corrected chi connectivity index (χ0v) is 10.1. The Morgan fingerprint density at radius 3 is 2.65 bits per heavy atom. The molecule has 0 aliphatic carbocycles. The molecule has 88 valence electrons. The lowest BCUT2D eigenvalue weighted by molar-refractivity contribution is 0.0696. The van der Waals surface area contributed by atoms with E-state index in [1.807, 2.05) is 0 Å². The summed E-state index contributed by atoms with van der Waals surface area (Å²) in [6, 6.07) is 4.55. The molecule has 0 unspecified atom stereocenters. The largest absolute Gasteiger partial charge is 0.478 e. The summed E-state index contributed by atoms with van der Waals surface area (Å²) in [5, 5.41) is 13.7. The highest BCUT2D eigenvalue weighted by Gasteiger charge is 2.15. The maximum atomic E-state index is 11.1. The Bertz CT molecular complexity index is 592. The minimum Gasteiger partial charge on any atom is -0.478 e. The Balaban J connectivity index is 2.69. The molecule has 0 radical (unpaired) electrons. The molecule has 0 bridgehead atoms. The molecule has 0 amide bonds. The minimum absolute atomic E-state index is 0.141. The molecule has 5 nitrogen and oxygen atoms in total. The molecule has 1 N–H and O–H groups in total. The average molecular weight is 252 g/mol. The standard InChI is InChI=1S/C11H10ClN3O2/c1-6-13-7(2)15(14-6)10-5-8(12)3-4-9(10)11(16)17/h3-5H,1-2H3,(H,16,17). The maximum Gasteiger partial charge on any atom is 0.337 e.